The number of rotatable bonds is 6. The van der Waals surface area contributed by atoms with Gasteiger partial charge in [0.25, 0.3) is 0 Å². The van der Waals surface area contributed by atoms with Gasteiger partial charge in [0.15, 0.2) is 17.2 Å². The smallest absolute Gasteiger partial charge is 0.314 e. The van der Waals surface area contributed by atoms with Crippen molar-refractivity contribution in [2.24, 2.45) is 0 Å². The van der Waals surface area contributed by atoms with Crippen LogP contribution in [0.5, 0.6) is 23.0 Å². The van der Waals surface area contributed by atoms with Gasteiger partial charge < -0.3 is 19.7 Å². The lowest BCUT2D eigenvalue weighted by Gasteiger charge is -2.12. The summed E-state index contributed by atoms with van der Waals surface area (Å²) in [4.78, 5) is 14.7. The van der Waals surface area contributed by atoms with E-state index in [2.05, 4.69) is 4.98 Å². The number of aromatic nitrogens is 1. The van der Waals surface area contributed by atoms with E-state index < -0.39 is 16.4 Å². The van der Waals surface area contributed by atoms with Gasteiger partial charge in [0.2, 0.25) is 5.75 Å². The van der Waals surface area contributed by atoms with Crippen molar-refractivity contribution >= 4 is 28.9 Å². The second-order valence-corrected chi connectivity index (χ2v) is 5.84. The SMILES string of the molecule is CCOc1ccc2c(Cc3cc(OC)c(O)c([N+](=O)[O-])c3)cncc2c1O.Cl. The minimum absolute atomic E-state index is 0. The fraction of sp³-hybridized carbons (Fsp3) is 0.211. The lowest BCUT2D eigenvalue weighted by molar-refractivity contribution is -0.386. The summed E-state index contributed by atoms with van der Waals surface area (Å²) in [7, 11) is 1.33. The van der Waals surface area contributed by atoms with E-state index >= 15 is 0 Å². The number of fused-ring (bicyclic) bond motifs is 1. The predicted molar refractivity (Wildman–Crippen MR) is 106 cm³/mol. The first kappa shape index (κ1) is 21.0. The van der Waals surface area contributed by atoms with Crippen molar-refractivity contribution in [2.75, 3.05) is 13.7 Å². The highest BCUT2D eigenvalue weighted by Gasteiger charge is 2.20. The van der Waals surface area contributed by atoms with Crippen molar-refractivity contribution in [3.8, 4) is 23.0 Å². The number of hydrogen-bond donors (Lipinski definition) is 2. The molecule has 0 bridgehead atoms. The number of aromatic hydroxyl groups is 2. The molecule has 3 aromatic rings. The molecule has 0 aliphatic rings. The van der Waals surface area contributed by atoms with Crippen molar-refractivity contribution in [1.82, 2.24) is 4.98 Å². The van der Waals surface area contributed by atoms with E-state index in [1.54, 1.807) is 12.3 Å². The lowest BCUT2D eigenvalue weighted by atomic mass is 9.99. The number of phenolic OH excluding ortho intramolecular Hbond substituents is 2. The Hall–Kier alpha value is -3.26. The van der Waals surface area contributed by atoms with Crippen molar-refractivity contribution in [3.05, 3.63) is 57.9 Å². The molecular formula is C19H19ClN2O6. The number of halogens is 1. The Morgan fingerprint density at radius 1 is 1.11 bits per heavy atom. The number of hydrogen-bond acceptors (Lipinski definition) is 7. The first-order chi connectivity index (χ1) is 13.0. The highest BCUT2D eigenvalue weighted by atomic mass is 35.5. The molecule has 8 nitrogen and oxygen atoms in total. The molecule has 0 atom stereocenters. The fourth-order valence-electron chi connectivity index (χ4n) is 2.95. The molecule has 1 aromatic heterocycles. The number of nitro groups is 1. The van der Waals surface area contributed by atoms with Crippen LogP contribution in [0, 0.1) is 10.1 Å². The van der Waals surface area contributed by atoms with Crippen LogP contribution in [0.2, 0.25) is 0 Å². The quantitative estimate of drug-likeness (QED) is 0.470. The molecule has 9 heteroatoms. The van der Waals surface area contributed by atoms with E-state index in [9.17, 15) is 20.3 Å². The molecule has 0 radical (unpaired) electrons. The Morgan fingerprint density at radius 2 is 1.86 bits per heavy atom. The van der Waals surface area contributed by atoms with E-state index in [-0.39, 0.29) is 23.9 Å². The normalized spacial score (nSPS) is 10.4. The van der Waals surface area contributed by atoms with Crippen LogP contribution in [-0.2, 0) is 6.42 Å². The Morgan fingerprint density at radius 3 is 2.50 bits per heavy atom. The van der Waals surface area contributed by atoms with Crippen LogP contribution in [0.1, 0.15) is 18.1 Å². The van der Waals surface area contributed by atoms with Crippen LogP contribution in [0.4, 0.5) is 5.69 Å². The van der Waals surface area contributed by atoms with Gasteiger partial charge in [-0.05, 0) is 42.0 Å². The Bertz CT molecular complexity index is 1020. The van der Waals surface area contributed by atoms with Crippen LogP contribution < -0.4 is 9.47 Å². The van der Waals surface area contributed by atoms with Crippen molar-refractivity contribution in [2.45, 2.75) is 13.3 Å². The van der Waals surface area contributed by atoms with Gasteiger partial charge in [-0.15, -0.1) is 12.4 Å². The standard InChI is InChI=1S/C19H18N2O6.ClH/c1-3-27-16-5-4-13-12(9-20-10-14(13)18(16)22)6-11-7-15(21(24)25)19(23)17(8-11)26-2;/h4-5,7-10,22-23H,3,6H2,1-2H3;1H. The summed E-state index contributed by atoms with van der Waals surface area (Å²) in [6.07, 6.45) is 3.47. The van der Waals surface area contributed by atoms with Gasteiger partial charge in [-0.25, -0.2) is 0 Å². The number of phenols is 2. The number of nitrogens with zero attached hydrogens (tertiary/aromatic N) is 2. The number of nitro benzene ring substituents is 1. The third kappa shape index (κ3) is 3.86. The summed E-state index contributed by atoms with van der Waals surface area (Å²) < 4.78 is 10.4. The minimum atomic E-state index is -0.664. The van der Waals surface area contributed by atoms with Gasteiger partial charge in [0.1, 0.15) is 0 Å². The molecule has 1 heterocycles. The van der Waals surface area contributed by atoms with Crippen LogP contribution in [0.25, 0.3) is 10.8 Å². The van der Waals surface area contributed by atoms with Gasteiger partial charge in [0.05, 0.1) is 18.6 Å². The van der Waals surface area contributed by atoms with Crippen LogP contribution in [-0.4, -0.2) is 33.8 Å². The third-order valence-corrected chi connectivity index (χ3v) is 4.19. The largest absolute Gasteiger partial charge is 0.504 e. The first-order valence-electron chi connectivity index (χ1n) is 8.21. The number of ether oxygens (including phenoxy) is 2. The monoisotopic (exact) mass is 406 g/mol. The zero-order chi connectivity index (χ0) is 19.6. The van der Waals surface area contributed by atoms with Gasteiger partial charge in [0, 0.05) is 23.8 Å². The Kier molecular flexibility index (Phi) is 6.48. The molecule has 0 saturated heterocycles. The van der Waals surface area contributed by atoms with Crippen LogP contribution >= 0.6 is 12.4 Å². The van der Waals surface area contributed by atoms with Gasteiger partial charge in [-0.3, -0.25) is 15.1 Å². The molecule has 148 valence electrons. The second kappa shape index (κ2) is 8.62. The summed E-state index contributed by atoms with van der Waals surface area (Å²) in [6.45, 7) is 2.24. The molecular weight excluding hydrogens is 388 g/mol. The van der Waals surface area contributed by atoms with Crippen LogP contribution in [0.15, 0.2) is 36.7 Å². The molecule has 0 spiro atoms. The van der Waals surface area contributed by atoms with E-state index in [1.165, 1.54) is 25.4 Å². The highest BCUT2D eigenvalue weighted by molar-refractivity contribution is 5.92. The molecule has 2 N–H and O–H groups in total. The minimum Gasteiger partial charge on any atom is -0.504 e. The van der Waals surface area contributed by atoms with Gasteiger partial charge in [-0.1, -0.05) is 6.07 Å². The summed E-state index contributed by atoms with van der Waals surface area (Å²) >= 11 is 0. The predicted octanol–water partition coefficient (Wildman–Crippen LogP) is 3.97. The van der Waals surface area contributed by atoms with Crippen LogP contribution in [0.3, 0.4) is 0 Å². The lowest BCUT2D eigenvalue weighted by Crippen LogP contribution is -1.98. The zero-order valence-corrected chi connectivity index (χ0v) is 16.0. The zero-order valence-electron chi connectivity index (χ0n) is 15.2. The van der Waals surface area contributed by atoms with Gasteiger partial charge in [-0.2, -0.15) is 0 Å². The molecule has 0 amide bonds. The summed E-state index contributed by atoms with van der Waals surface area (Å²) in [5, 5.41) is 32.8. The van der Waals surface area contributed by atoms with Crippen molar-refractivity contribution in [3.63, 3.8) is 0 Å². The fourth-order valence-corrected chi connectivity index (χ4v) is 2.95. The number of pyridine rings is 1. The topological polar surface area (TPSA) is 115 Å². The summed E-state index contributed by atoms with van der Waals surface area (Å²) in [5.41, 5.74) is 0.894. The molecule has 2 aromatic carbocycles. The molecule has 3 rings (SSSR count). The summed E-state index contributed by atoms with van der Waals surface area (Å²) in [6, 6.07) is 6.31. The van der Waals surface area contributed by atoms with E-state index in [4.69, 9.17) is 9.47 Å². The third-order valence-electron chi connectivity index (χ3n) is 4.19. The van der Waals surface area contributed by atoms with E-state index in [0.29, 0.717) is 29.7 Å². The maximum atomic E-state index is 11.2. The highest BCUT2D eigenvalue weighted by Crippen LogP contribution is 2.39. The molecule has 0 fully saturated rings. The molecule has 0 aliphatic carbocycles. The first-order valence-corrected chi connectivity index (χ1v) is 8.21. The van der Waals surface area contributed by atoms with Gasteiger partial charge >= 0.3 is 5.69 Å². The summed E-state index contributed by atoms with van der Waals surface area (Å²) in [5.74, 6) is -0.126. The molecule has 0 saturated carbocycles. The second-order valence-electron chi connectivity index (χ2n) is 5.84. The molecule has 28 heavy (non-hydrogen) atoms. The molecule has 0 unspecified atom stereocenters. The Labute approximate surface area is 166 Å². The van der Waals surface area contributed by atoms with E-state index in [0.717, 1.165) is 10.9 Å². The Balaban J connectivity index is 0.00000280. The maximum absolute atomic E-state index is 11.2. The molecule has 0 aliphatic heterocycles. The number of methoxy groups -OCH3 is 1. The maximum Gasteiger partial charge on any atom is 0.314 e. The average Bonchev–Trinajstić information content (AvgIpc) is 2.65. The van der Waals surface area contributed by atoms with Crippen molar-refractivity contribution < 1.29 is 24.6 Å². The van der Waals surface area contributed by atoms with E-state index in [1.807, 2.05) is 13.0 Å². The van der Waals surface area contributed by atoms with Crippen molar-refractivity contribution in [1.29, 1.82) is 0 Å². The average molecular weight is 407 g/mol. The number of benzene rings is 2.